The van der Waals surface area contributed by atoms with Gasteiger partial charge in [0.1, 0.15) is 11.4 Å². The molecule has 0 N–H and O–H groups in total. The Morgan fingerprint density at radius 2 is 1.94 bits per heavy atom. The van der Waals surface area contributed by atoms with Gasteiger partial charge in [0.2, 0.25) is 5.91 Å². The van der Waals surface area contributed by atoms with E-state index in [-0.39, 0.29) is 23.8 Å². The number of nitriles is 1. The van der Waals surface area contributed by atoms with Crippen molar-refractivity contribution in [1.82, 2.24) is 9.55 Å². The SMILES string of the molecule is Cc1ccc(-n2c(SCC(=O)N(CC#N)c3ccccc3)nc3sc4c(c3c2=O)CCC4)cc1. The number of fused-ring (bicyclic) bond motifs is 3. The van der Waals surface area contributed by atoms with Crippen molar-refractivity contribution in [1.29, 1.82) is 5.26 Å². The van der Waals surface area contributed by atoms with Crippen LogP contribution in [0.5, 0.6) is 0 Å². The average molecular weight is 487 g/mol. The highest BCUT2D eigenvalue weighted by Gasteiger charge is 2.25. The molecule has 170 valence electrons. The maximum absolute atomic E-state index is 13.7. The van der Waals surface area contributed by atoms with E-state index < -0.39 is 0 Å². The number of benzene rings is 2. The zero-order valence-electron chi connectivity index (χ0n) is 18.7. The first-order valence-corrected chi connectivity index (χ1v) is 12.9. The number of carbonyl (C=O) groups excluding carboxylic acids is 1. The van der Waals surface area contributed by atoms with Gasteiger partial charge in [0.15, 0.2) is 5.16 Å². The molecule has 0 atom stereocenters. The largest absolute Gasteiger partial charge is 0.298 e. The topological polar surface area (TPSA) is 79.0 Å². The molecule has 0 fully saturated rings. The predicted molar refractivity (Wildman–Crippen MR) is 137 cm³/mol. The number of amides is 1. The van der Waals surface area contributed by atoms with Gasteiger partial charge in [-0.2, -0.15) is 5.26 Å². The average Bonchev–Trinajstić information content (AvgIpc) is 3.43. The normalized spacial score (nSPS) is 12.5. The number of rotatable bonds is 6. The zero-order chi connectivity index (χ0) is 23.7. The summed E-state index contributed by atoms with van der Waals surface area (Å²) >= 11 is 2.82. The zero-order valence-corrected chi connectivity index (χ0v) is 20.3. The minimum Gasteiger partial charge on any atom is -0.298 e. The van der Waals surface area contributed by atoms with Crippen LogP contribution >= 0.6 is 23.1 Å². The number of para-hydroxylation sites is 1. The summed E-state index contributed by atoms with van der Waals surface area (Å²) in [6.07, 6.45) is 2.97. The number of aromatic nitrogens is 2. The lowest BCUT2D eigenvalue weighted by Crippen LogP contribution is -2.33. The smallest absolute Gasteiger partial charge is 0.267 e. The molecule has 2 aromatic heterocycles. The van der Waals surface area contributed by atoms with Crippen LogP contribution in [0.3, 0.4) is 0 Å². The first-order chi connectivity index (χ1) is 16.6. The Labute approximate surface area is 205 Å². The highest BCUT2D eigenvalue weighted by Crippen LogP contribution is 2.36. The van der Waals surface area contributed by atoms with Crippen molar-refractivity contribution in [3.05, 3.63) is 81.0 Å². The van der Waals surface area contributed by atoms with Crippen molar-refractivity contribution >= 4 is 44.9 Å². The summed E-state index contributed by atoms with van der Waals surface area (Å²) in [4.78, 5) is 35.1. The summed E-state index contributed by atoms with van der Waals surface area (Å²) in [5.74, 6) is -0.151. The van der Waals surface area contributed by atoms with Crippen molar-refractivity contribution < 1.29 is 4.79 Å². The molecule has 0 saturated carbocycles. The monoisotopic (exact) mass is 486 g/mol. The number of anilines is 1. The number of nitrogens with zero attached hydrogens (tertiary/aromatic N) is 4. The van der Waals surface area contributed by atoms with Crippen molar-refractivity contribution in [3.63, 3.8) is 0 Å². The van der Waals surface area contributed by atoms with Crippen molar-refractivity contribution in [2.45, 2.75) is 31.3 Å². The third-order valence-corrected chi connectivity index (χ3v) is 8.03. The Morgan fingerprint density at radius 3 is 2.68 bits per heavy atom. The van der Waals surface area contributed by atoms with E-state index >= 15 is 0 Å². The van der Waals surface area contributed by atoms with E-state index in [0.29, 0.717) is 16.2 Å². The number of hydrogen-bond donors (Lipinski definition) is 0. The molecule has 8 heteroatoms. The van der Waals surface area contributed by atoms with E-state index in [2.05, 4.69) is 6.07 Å². The molecule has 0 aliphatic heterocycles. The molecule has 0 radical (unpaired) electrons. The highest BCUT2D eigenvalue weighted by atomic mass is 32.2. The molecule has 0 spiro atoms. The van der Waals surface area contributed by atoms with Gasteiger partial charge in [0, 0.05) is 10.6 Å². The minimum absolute atomic E-state index is 0.0434. The fourth-order valence-corrected chi connectivity index (χ4v) is 6.44. The maximum Gasteiger partial charge on any atom is 0.267 e. The number of hydrogen-bond acceptors (Lipinski definition) is 6. The number of carbonyl (C=O) groups is 1. The summed E-state index contributed by atoms with van der Waals surface area (Å²) in [5.41, 5.74) is 3.55. The molecule has 2 aromatic carbocycles. The summed E-state index contributed by atoms with van der Waals surface area (Å²) in [6.45, 7) is 1.96. The Balaban J connectivity index is 1.54. The van der Waals surface area contributed by atoms with Gasteiger partial charge in [-0.15, -0.1) is 11.3 Å². The molecular weight excluding hydrogens is 464 g/mol. The maximum atomic E-state index is 13.7. The molecular formula is C26H22N4O2S2. The Kier molecular flexibility index (Phi) is 6.22. The van der Waals surface area contributed by atoms with Gasteiger partial charge in [-0.05, 0) is 56.0 Å². The van der Waals surface area contributed by atoms with Crippen molar-refractivity contribution in [2.24, 2.45) is 0 Å². The first kappa shape index (κ1) is 22.4. The number of thioether (sulfide) groups is 1. The summed E-state index contributed by atoms with van der Waals surface area (Å²) in [6, 6.07) is 19.0. The van der Waals surface area contributed by atoms with Gasteiger partial charge in [-0.3, -0.25) is 19.1 Å². The second-order valence-corrected chi connectivity index (χ2v) is 10.2. The first-order valence-electron chi connectivity index (χ1n) is 11.1. The number of thiophene rings is 1. The summed E-state index contributed by atoms with van der Waals surface area (Å²) in [7, 11) is 0. The fraction of sp³-hybridized carbons (Fsp3) is 0.231. The Morgan fingerprint density at radius 1 is 1.18 bits per heavy atom. The lowest BCUT2D eigenvalue weighted by molar-refractivity contribution is -0.116. The Bertz CT molecular complexity index is 1470. The molecule has 34 heavy (non-hydrogen) atoms. The van der Waals surface area contributed by atoms with Crippen LogP contribution in [0.4, 0.5) is 5.69 Å². The van der Waals surface area contributed by atoms with Crippen LogP contribution in [-0.4, -0.2) is 27.8 Å². The molecule has 1 aliphatic rings. The molecule has 0 unspecified atom stereocenters. The summed E-state index contributed by atoms with van der Waals surface area (Å²) in [5, 5.41) is 10.5. The van der Waals surface area contributed by atoms with Crippen LogP contribution in [-0.2, 0) is 17.6 Å². The van der Waals surface area contributed by atoms with Gasteiger partial charge in [0.25, 0.3) is 5.56 Å². The van der Waals surface area contributed by atoms with Crippen LogP contribution in [0.1, 0.15) is 22.4 Å². The van der Waals surface area contributed by atoms with Crippen LogP contribution < -0.4 is 10.5 Å². The van der Waals surface area contributed by atoms with E-state index in [1.165, 1.54) is 21.5 Å². The van der Waals surface area contributed by atoms with Gasteiger partial charge < -0.3 is 0 Å². The number of aryl methyl sites for hydroxylation is 3. The third-order valence-electron chi connectivity index (χ3n) is 5.92. The molecule has 5 rings (SSSR count). The van der Waals surface area contributed by atoms with Crippen molar-refractivity contribution in [2.75, 3.05) is 17.2 Å². The second kappa shape index (κ2) is 9.45. The van der Waals surface area contributed by atoms with E-state index in [4.69, 9.17) is 4.98 Å². The van der Waals surface area contributed by atoms with Crippen molar-refractivity contribution in [3.8, 4) is 11.8 Å². The van der Waals surface area contributed by atoms with Crippen LogP contribution in [0.15, 0.2) is 64.5 Å². The van der Waals surface area contributed by atoms with E-state index in [1.807, 2.05) is 49.4 Å². The molecule has 0 saturated heterocycles. The predicted octanol–water partition coefficient (Wildman–Crippen LogP) is 4.89. The molecule has 4 aromatic rings. The molecule has 1 amide bonds. The molecule has 1 aliphatic carbocycles. The molecule has 2 heterocycles. The van der Waals surface area contributed by atoms with Crippen LogP contribution in [0.2, 0.25) is 0 Å². The Hall–Kier alpha value is -3.41. The van der Waals surface area contributed by atoms with Gasteiger partial charge >= 0.3 is 0 Å². The second-order valence-electron chi connectivity index (χ2n) is 8.17. The highest BCUT2D eigenvalue weighted by molar-refractivity contribution is 7.99. The third kappa shape index (κ3) is 4.13. The quantitative estimate of drug-likeness (QED) is 0.220. The minimum atomic E-state index is -0.212. The molecule has 0 bridgehead atoms. The lowest BCUT2D eigenvalue weighted by Gasteiger charge is -2.20. The fourth-order valence-electron chi connectivity index (χ4n) is 4.25. The summed E-state index contributed by atoms with van der Waals surface area (Å²) < 4.78 is 1.63. The molecule has 6 nitrogen and oxygen atoms in total. The van der Waals surface area contributed by atoms with E-state index in [0.717, 1.165) is 40.9 Å². The van der Waals surface area contributed by atoms with Gasteiger partial charge in [-0.1, -0.05) is 47.7 Å². The van der Waals surface area contributed by atoms with E-state index in [1.54, 1.807) is 28.0 Å². The van der Waals surface area contributed by atoms with Gasteiger partial charge in [0.05, 0.1) is 22.9 Å². The van der Waals surface area contributed by atoms with Gasteiger partial charge in [-0.25, -0.2) is 4.98 Å². The van der Waals surface area contributed by atoms with E-state index in [9.17, 15) is 14.9 Å². The standard InChI is InChI=1S/C26H22N4O2S2/c1-17-10-12-19(13-11-17)30-25(32)23-20-8-5-9-21(20)34-24(23)28-26(30)33-16-22(31)29(15-14-27)18-6-3-2-4-7-18/h2-4,6-7,10-13H,5,8-9,15-16H2,1H3. The lowest BCUT2D eigenvalue weighted by atomic mass is 10.2. The van der Waals surface area contributed by atoms with Crippen LogP contribution in [0.25, 0.3) is 15.9 Å². The van der Waals surface area contributed by atoms with Crippen LogP contribution in [0, 0.1) is 18.3 Å².